The Labute approximate surface area is 191 Å². The zero-order valence-electron chi connectivity index (χ0n) is 19.0. The molecule has 2 heterocycles. The Hall–Kier alpha value is -2.44. The van der Waals surface area contributed by atoms with Gasteiger partial charge in [0.1, 0.15) is 5.82 Å². The molecule has 2 aliphatic heterocycles. The zero-order valence-corrected chi connectivity index (χ0v) is 19.0. The molecule has 0 bridgehead atoms. The number of likely N-dealkylation sites (tertiary alicyclic amines) is 1. The summed E-state index contributed by atoms with van der Waals surface area (Å²) < 4.78 is 13.4. The van der Waals surface area contributed by atoms with Crippen LogP contribution < -0.4 is 10.6 Å². The van der Waals surface area contributed by atoms with E-state index in [0.29, 0.717) is 12.5 Å². The average molecular weight is 439 g/mol. The molecule has 0 unspecified atom stereocenters. The summed E-state index contributed by atoms with van der Waals surface area (Å²) in [7, 11) is 0. The number of amides is 1. The number of nitrogens with one attached hydrogen (secondary N) is 2. The standard InChI is InChI=1S/C26H35FN4O/c1-20-18-30(16-13-28-20)19-22-7-5-21(6-8-22)9-10-26(32)31-14-11-24(12-15-31)29-25-4-2-3-23(27)17-25/h2-8,17,20,24,28-29H,9-16,18-19H2,1H3/t20-/m0/s1. The van der Waals surface area contributed by atoms with E-state index in [0.717, 1.165) is 64.2 Å². The number of aryl methyl sites for hydroxylation is 1. The fourth-order valence-corrected chi connectivity index (χ4v) is 4.72. The monoisotopic (exact) mass is 438 g/mol. The van der Waals surface area contributed by atoms with E-state index in [4.69, 9.17) is 0 Å². The van der Waals surface area contributed by atoms with Gasteiger partial charge in [0, 0.05) is 63.5 Å². The van der Waals surface area contributed by atoms with Gasteiger partial charge in [-0.15, -0.1) is 0 Å². The molecule has 2 N–H and O–H groups in total. The Bertz CT molecular complexity index is 880. The molecule has 2 aromatic rings. The van der Waals surface area contributed by atoms with Gasteiger partial charge in [0.25, 0.3) is 0 Å². The van der Waals surface area contributed by atoms with Gasteiger partial charge in [0.05, 0.1) is 0 Å². The van der Waals surface area contributed by atoms with E-state index in [1.54, 1.807) is 6.07 Å². The molecule has 2 saturated heterocycles. The molecule has 0 radical (unpaired) electrons. The topological polar surface area (TPSA) is 47.6 Å². The summed E-state index contributed by atoms with van der Waals surface area (Å²) >= 11 is 0. The zero-order chi connectivity index (χ0) is 22.3. The molecule has 1 amide bonds. The van der Waals surface area contributed by atoms with Crippen molar-refractivity contribution in [3.63, 3.8) is 0 Å². The lowest BCUT2D eigenvalue weighted by atomic mass is 10.0. The van der Waals surface area contributed by atoms with Crippen molar-refractivity contribution in [2.45, 2.75) is 51.2 Å². The Kier molecular flexibility index (Phi) is 7.76. The molecule has 172 valence electrons. The van der Waals surface area contributed by atoms with Gasteiger partial charge in [-0.1, -0.05) is 30.3 Å². The number of anilines is 1. The van der Waals surface area contributed by atoms with Crippen LogP contribution in [0.15, 0.2) is 48.5 Å². The van der Waals surface area contributed by atoms with Crippen LogP contribution in [-0.2, 0) is 17.8 Å². The minimum Gasteiger partial charge on any atom is -0.382 e. The number of carbonyl (C=O) groups is 1. The number of rotatable bonds is 7. The third-order valence-electron chi connectivity index (χ3n) is 6.55. The summed E-state index contributed by atoms with van der Waals surface area (Å²) in [6.45, 7) is 7.97. The summed E-state index contributed by atoms with van der Waals surface area (Å²) in [6.07, 6.45) is 3.12. The Morgan fingerprint density at radius 2 is 1.84 bits per heavy atom. The van der Waals surface area contributed by atoms with E-state index < -0.39 is 0 Å². The molecule has 2 aromatic carbocycles. The lowest BCUT2D eigenvalue weighted by Crippen LogP contribution is -2.48. The number of hydrogen-bond donors (Lipinski definition) is 2. The molecule has 1 atom stereocenters. The summed E-state index contributed by atoms with van der Waals surface area (Å²) in [5.74, 6) is 0.00197. The number of halogens is 1. The number of carbonyl (C=O) groups excluding carboxylic acids is 1. The molecule has 0 aliphatic carbocycles. The van der Waals surface area contributed by atoms with Gasteiger partial charge in [0.2, 0.25) is 5.91 Å². The first-order valence-corrected chi connectivity index (χ1v) is 11.9. The van der Waals surface area contributed by atoms with Crippen molar-refractivity contribution in [1.29, 1.82) is 0 Å². The Morgan fingerprint density at radius 3 is 2.56 bits per heavy atom. The number of benzene rings is 2. The van der Waals surface area contributed by atoms with E-state index in [1.165, 1.54) is 23.3 Å². The largest absolute Gasteiger partial charge is 0.382 e. The highest BCUT2D eigenvalue weighted by atomic mass is 19.1. The molecular formula is C26H35FN4O. The maximum atomic E-state index is 13.4. The van der Waals surface area contributed by atoms with Crippen molar-refractivity contribution >= 4 is 11.6 Å². The summed E-state index contributed by atoms with van der Waals surface area (Å²) in [6, 6.07) is 16.2. The number of nitrogens with zero attached hydrogens (tertiary/aromatic N) is 2. The van der Waals surface area contributed by atoms with Crippen LogP contribution in [0.3, 0.4) is 0 Å². The van der Waals surface area contributed by atoms with Crippen molar-refractivity contribution in [1.82, 2.24) is 15.1 Å². The van der Waals surface area contributed by atoms with Crippen molar-refractivity contribution < 1.29 is 9.18 Å². The van der Waals surface area contributed by atoms with Gasteiger partial charge in [-0.2, -0.15) is 0 Å². The van der Waals surface area contributed by atoms with Gasteiger partial charge in [0.15, 0.2) is 0 Å². The van der Waals surface area contributed by atoms with Crippen molar-refractivity contribution in [3.05, 3.63) is 65.5 Å². The predicted molar refractivity (Wildman–Crippen MR) is 127 cm³/mol. The molecule has 2 aliphatic rings. The van der Waals surface area contributed by atoms with Gasteiger partial charge in [-0.3, -0.25) is 9.69 Å². The first-order valence-electron chi connectivity index (χ1n) is 11.9. The number of hydrogen-bond acceptors (Lipinski definition) is 4. The van der Waals surface area contributed by atoms with Crippen LogP contribution in [0.4, 0.5) is 10.1 Å². The first-order chi connectivity index (χ1) is 15.5. The molecule has 0 aromatic heterocycles. The van der Waals surface area contributed by atoms with Crippen LogP contribution >= 0.6 is 0 Å². The summed E-state index contributed by atoms with van der Waals surface area (Å²) in [5.41, 5.74) is 3.37. The van der Waals surface area contributed by atoms with Crippen LogP contribution in [0.25, 0.3) is 0 Å². The highest BCUT2D eigenvalue weighted by molar-refractivity contribution is 5.76. The molecular weight excluding hydrogens is 403 g/mol. The lowest BCUT2D eigenvalue weighted by Gasteiger charge is -2.33. The highest BCUT2D eigenvalue weighted by Crippen LogP contribution is 2.19. The molecule has 0 saturated carbocycles. The second kappa shape index (κ2) is 10.9. The van der Waals surface area contributed by atoms with E-state index in [-0.39, 0.29) is 17.8 Å². The van der Waals surface area contributed by atoms with Crippen molar-refractivity contribution in [2.24, 2.45) is 0 Å². The van der Waals surface area contributed by atoms with Gasteiger partial charge in [-0.05, 0) is 55.5 Å². The molecule has 2 fully saturated rings. The van der Waals surface area contributed by atoms with E-state index >= 15 is 0 Å². The Balaban J connectivity index is 1.18. The van der Waals surface area contributed by atoms with Crippen LogP contribution in [-0.4, -0.2) is 60.5 Å². The average Bonchev–Trinajstić information content (AvgIpc) is 2.79. The van der Waals surface area contributed by atoms with Gasteiger partial charge < -0.3 is 15.5 Å². The molecule has 32 heavy (non-hydrogen) atoms. The minimum absolute atomic E-state index is 0.228. The van der Waals surface area contributed by atoms with Crippen molar-refractivity contribution in [3.8, 4) is 0 Å². The second-order valence-corrected chi connectivity index (χ2v) is 9.22. The first kappa shape index (κ1) is 22.7. The van der Waals surface area contributed by atoms with Gasteiger partial charge in [-0.25, -0.2) is 4.39 Å². The maximum Gasteiger partial charge on any atom is 0.222 e. The highest BCUT2D eigenvalue weighted by Gasteiger charge is 2.22. The predicted octanol–water partition coefficient (Wildman–Crippen LogP) is 3.66. The molecule has 4 rings (SSSR count). The van der Waals surface area contributed by atoms with E-state index in [1.807, 2.05) is 11.0 Å². The second-order valence-electron chi connectivity index (χ2n) is 9.22. The van der Waals surface area contributed by atoms with Crippen LogP contribution in [0.2, 0.25) is 0 Å². The fraction of sp³-hybridized carbons (Fsp3) is 0.500. The lowest BCUT2D eigenvalue weighted by molar-refractivity contribution is -0.132. The van der Waals surface area contributed by atoms with Gasteiger partial charge >= 0.3 is 0 Å². The number of piperazine rings is 1. The minimum atomic E-state index is -0.228. The molecule has 6 heteroatoms. The van der Waals surface area contributed by atoms with Crippen LogP contribution in [0, 0.1) is 5.82 Å². The molecule has 0 spiro atoms. The fourth-order valence-electron chi connectivity index (χ4n) is 4.72. The summed E-state index contributed by atoms with van der Waals surface area (Å²) in [4.78, 5) is 17.2. The number of piperidine rings is 1. The molecule has 5 nitrogen and oxygen atoms in total. The smallest absolute Gasteiger partial charge is 0.222 e. The van der Waals surface area contributed by atoms with Crippen LogP contribution in [0.5, 0.6) is 0 Å². The normalized spacial score (nSPS) is 20.3. The van der Waals surface area contributed by atoms with E-state index in [9.17, 15) is 9.18 Å². The van der Waals surface area contributed by atoms with Crippen molar-refractivity contribution in [2.75, 3.05) is 38.0 Å². The quantitative estimate of drug-likeness (QED) is 0.693. The SMILES string of the molecule is C[C@H]1CN(Cc2ccc(CCC(=O)N3CCC(Nc4cccc(F)c4)CC3)cc2)CCN1. The third kappa shape index (κ3) is 6.53. The van der Waals surface area contributed by atoms with Crippen LogP contribution in [0.1, 0.15) is 37.3 Å². The summed E-state index contributed by atoms with van der Waals surface area (Å²) in [5, 5.41) is 6.87. The maximum absolute atomic E-state index is 13.4. The third-order valence-corrected chi connectivity index (χ3v) is 6.55. The van der Waals surface area contributed by atoms with E-state index in [2.05, 4.69) is 46.7 Å². The Morgan fingerprint density at radius 1 is 1.09 bits per heavy atom.